The van der Waals surface area contributed by atoms with Crippen LogP contribution in [0, 0.1) is 6.92 Å². The number of aromatic nitrogens is 1. The van der Waals surface area contributed by atoms with Gasteiger partial charge >= 0.3 is 5.97 Å². The minimum absolute atomic E-state index is 0.196. The molecule has 1 aliphatic heterocycles. The molecule has 0 saturated heterocycles. The summed E-state index contributed by atoms with van der Waals surface area (Å²) in [4.78, 5) is 29.0. The van der Waals surface area contributed by atoms with Crippen LogP contribution in [0.4, 0.5) is 5.69 Å². The maximum atomic E-state index is 13.0. The third kappa shape index (κ3) is 3.11. The van der Waals surface area contributed by atoms with Gasteiger partial charge in [0.1, 0.15) is 5.75 Å². The number of aromatic amines is 1. The molecule has 4 rings (SSSR count). The number of rotatable bonds is 4. The van der Waals surface area contributed by atoms with Gasteiger partial charge in [0.05, 0.1) is 31.4 Å². The molecule has 6 nitrogen and oxygen atoms in total. The van der Waals surface area contributed by atoms with Gasteiger partial charge in [0.2, 0.25) is 5.91 Å². The number of carbonyl (C=O) groups is 2. The lowest BCUT2D eigenvalue weighted by Gasteiger charge is -2.15. The Morgan fingerprint density at radius 2 is 1.90 bits per heavy atom. The Labute approximate surface area is 176 Å². The highest BCUT2D eigenvalue weighted by molar-refractivity contribution is 9.10. The fourth-order valence-corrected chi connectivity index (χ4v) is 4.26. The molecule has 148 valence electrons. The average Bonchev–Trinajstić information content (AvgIpc) is 3.22. The van der Waals surface area contributed by atoms with Crippen LogP contribution in [0.2, 0.25) is 0 Å². The van der Waals surface area contributed by atoms with Crippen LogP contribution in [-0.2, 0) is 9.53 Å². The number of esters is 1. The van der Waals surface area contributed by atoms with Crippen molar-refractivity contribution in [3.8, 4) is 17.0 Å². The Hall–Kier alpha value is -3.06. The summed E-state index contributed by atoms with van der Waals surface area (Å²) in [7, 11) is 2.92. The maximum absolute atomic E-state index is 13.0. The summed E-state index contributed by atoms with van der Waals surface area (Å²) in [5, 5.41) is 2.92. The highest BCUT2D eigenvalue weighted by Gasteiger charge is 2.39. The minimum atomic E-state index is -0.665. The molecule has 0 saturated carbocycles. The molecule has 29 heavy (non-hydrogen) atoms. The summed E-state index contributed by atoms with van der Waals surface area (Å²) in [5.74, 6) is -0.717. The van der Waals surface area contributed by atoms with Crippen molar-refractivity contribution in [1.82, 2.24) is 4.98 Å². The molecule has 1 unspecified atom stereocenters. The molecule has 0 fully saturated rings. The van der Waals surface area contributed by atoms with E-state index in [1.807, 2.05) is 42.5 Å². The van der Waals surface area contributed by atoms with Crippen LogP contribution in [0.1, 0.15) is 33.1 Å². The molecule has 0 bridgehead atoms. The van der Waals surface area contributed by atoms with E-state index in [1.54, 1.807) is 14.0 Å². The Balaban J connectivity index is 2.04. The summed E-state index contributed by atoms with van der Waals surface area (Å²) in [6, 6.07) is 13.1. The second kappa shape index (κ2) is 7.40. The molecular weight excluding hydrogens is 436 g/mol. The number of hydrogen-bond donors (Lipinski definition) is 2. The average molecular weight is 455 g/mol. The largest absolute Gasteiger partial charge is 0.496 e. The standard InChI is InChI=1S/C22H19BrN2O4/c1-11-17(22(27)29-3)19(20(24-11)13-6-4-5-7-16(13)28-2)18-14-10-12(23)8-9-15(14)25-21(18)26/h4-10,18,24H,1-3H3,(H,25,26). The Morgan fingerprint density at radius 1 is 1.14 bits per heavy atom. The van der Waals surface area contributed by atoms with Crippen LogP contribution in [-0.4, -0.2) is 31.1 Å². The molecule has 0 spiro atoms. The lowest BCUT2D eigenvalue weighted by molar-refractivity contribution is -0.116. The molecule has 3 aromatic rings. The fourth-order valence-electron chi connectivity index (χ4n) is 3.88. The number of nitrogens with one attached hydrogen (secondary N) is 2. The van der Waals surface area contributed by atoms with Gasteiger partial charge in [-0.25, -0.2) is 4.79 Å². The summed E-state index contributed by atoms with van der Waals surface area (Å²) in [6.07, 6.45) is 0. The zero-order valence-corrected chi connectivity index (χ0v) is 17.7. The molecule has 0 aliphatic carbocycles. The van der Waals surface area contributed by atoms with Gasteiger partial charge < -0.3 is 19.8 Å². The first-order valence-electron chi connectivity index (χ1n) is 9.00. The van der Waals surface area contributed by atoms with E-state index in [2.05, 4.69) is 26.2 Å². The highest BCUT2D eigenvalue weighted by atomic mass is 79.9. The van der Waals surface area contributed by atoms with E-state index in [0.29, 0.717) is 28.3 Å². The molecule has 7 heteroatoms. The lowest BCUT2D eigenvalue weighted by Crippen LogP contribution is -2.17. The van der Waals surface area contributed by atoms with E-state index >= 15 is 0 Å². The fraction of sp³-hybridized carbons (Fsp3) is 0.182. The van der Waals surface area contributed by atoms with Crippen molar-refractivity contribution in [2.45, 2.75) is 12.8 Å². The van der Waals surface area contributed by atoms with Crippen molar-refractivity contribution >= 4 is 33.5 Å². The minimum Gasteiger partial charge on any atom is -0.496 e. The highest BCUT2D eigenvalue weighted by Crippen LogP contribution is 2.45. The Bertz CT molecular complexity index is 1140. The smallest absolute Gasteiger partial charge is 0.340 e. The summed E-state index contributed by atoms with van der Waals surface area (Å²) in [5.41, 5.74) is 4.51. The van der Waals surface area contributed by atoms with Crippen LogP contribution in [0.5, 0.6) is 5.75 Å². The number of halogens is 1. The quantitative estimate of drug-likeness (QED) is 0.563. The van der Waals surface area contributed by atoms with Crippen LogP contribution in [0.25, 0.3) is 11.3 Å². The van der Waals surface area contributed by atoms with E-state index in [0.717, 1.165) is 21.3 Å². The molecule has 1 atom stereocenters. The first-order chi connectivity index (χ1) is 14.0. The number of H-pyrrole nitrogens is 1. The van der Waals surface area contributed by atoms with Gasteiger partial charge in [0.15, 0.2) is 0 Å². The summed E-state index contributed by atoms with van der Waals surface area (Å²) < 4.78 is 11.4. The lowest BCUT2D eigenvalue weighted by atomic mass is 9.87. The number of methoxy groups -OCH3 is 2. The van der Waals surface area contributed by atoms with Crippen molar-refractivity contribution in [1.29, 1.82) is 0 Å². The Kier molecular flexibility index (Phi) is 4.92. The van der Waals surface area contributed by atoms with Crippen LogP contribution in [0.15, 0.2) is 46.9 Å². The van der Waals surface area contributed by atoms with E-state index in [4.69, 9.17) is 9.47 Å². The predicted molar refractivity (Wildman–Crippen MR) is 113 cm³/mol. The van der Waals surface area contributed by atoms with Gasteiger partial charge in [-0.2, -0.15) is 0 Å². The van der Waals surface area contributed by atoms with Crippen molar-refractivity contribution in [3.05, 3.63) is 69.3 Å². The monoisotopic (exact) mass is 454 g/mol. The topological polar surface area (TPSA) is 80.4 Å². The predicted octanol–water partition coefficient (Wildman–Crippen LogP) is 4.63. The van der Waals surface area contributed by atoms with E-state index < -0.39 is 11.9 Å². The number of hydrogen-bond acceptors (Lipinski definition) is 4. The first-order valence-corrected chi connectivity index (χ1v) is 9.80. The number of para-hydroxylation sites is 1. The summed E-state index contributed by atoms with van der Waals surface area (Å²) in [6.45, 7) is 1.79. The number of ether oxygens (including phenoxy) is 2. The van der Waals surface area contributed by atoms with Crippen molar-refractivity contribution in [2.75, 3.05) is 19.5 Å². The molecule has 2 N–H and O–H groups in total. The van der Waals surface area contributed by atoms with Gasteiger partial charge in [-0.15, -0.1) is 0 Å². The normalized spacial score (nSPS) is 15.0. The van der Waals surface area contributed by atoms with E-state index in [9.17, 15) is 9.59 Å². The van der Waals surface area contributed by atoms with Gasteiger partial charge in [-0.1, -0.05) is 28.1 Å². The molecule has 1 aliphatic rings. The number of anilines is 1. The SMILES string of the molecule is COC(=O)c1c(C)[nH]c(-c2ccccc2OC)c1C1C(=O)Nc2ccc(Br)cc21. The van der Waals surface area contributed by atoms with Crippen LogP contribution in [0.3, 0.4) is 0 Å². The molecule has 0 radical (unpaired) electrons. The molecule has 2 heterocycles. The molecular formula is C22H19BrN2O4. The van der Waals surface area contributed by atoms with Crippen molar-refractivity contribution < 1.29 is 19.1 Å². The first kappa shape index (κ1) is 19.3. The van der Waals surface area contributed by atoms with E-state index in [-0.39, 0.29) is 5.91 Å². The van der Waals surface area contributed by atoms with Crippen LogP contribution < -0.4 is 10.1 Å². The Morgan fingerprint density at radius 3 is 2.62 bits per heavy atom. The van der Waals surface area contributed by atoms with Gasteiger partial charge in [0, 0.05) is 27.0 Å². The third-order valence-electron chi connectivity index (χ3n) is 5.13. The van der Waals surface area contributed by atoms with Crippen molar-refractivity contribution in [3.63, 3.8) is 0 Å². The summed E-state index contributed by atoms with van der Waals surface area (Å²) >= 11 is 3.48. The second-order valence-corrected chi connectivity index (χ2v) is 7.68. The zero-order valence-electron chi connectivity index (χ0n) is 16.1. The molecule has 1 aromatic heterocycles. The number of fused-ring (bicyclic) bond motifs is 1. The third-order valence-corrected chi connectivity index (χ3v) is 5.62. The van der Waals surface area contributed by atoms with Gasteiger partial charge in [-0.3, -0.25) is 4.79 Å². The maximum Gasteiger partial charge on any atom is 0.340 e. The number of amides is 1. The molecule has 1 amide bonds. The zero-order chi connectivity index (χ0) is 20.7. The van der Waals surface area contributed by atoms with Crippen LogP contribution >= 0.6 is 15.9 Å². The number of carbonyl (C=O) groups excluding carboxylic acids is 2. The van der Waals surface area contributed by atoms with E-state index in [1.165, 1.54) is 7.11 Å². The number of aryl methyl sites for hydroxylation is 1. The second-order valence-electron chi connectivity index (χ2n) is 6.76. The molecule has 2 aromatic carbocycles. The number of benzene rings is 2. The van der Waals surface area contributed by atoms with Gasteiger partial charge in [0.25, 0.3) is 0 Å². The van der Waals surface area contributed by atoms with Gasteiger partial charge in [-0.05, 0) is 42.8 Å². The van der Waals surface area contributed by atoms with Crippen molar-refractivity contribution in [2.24, 2.45) is 0 Å².